The molecule has 0 aromatic carbocycles. The molecule has 0 N–H and O–H groups in total. The first-order valence-corrected chi connectivity index (χ1v) is 6.53. The van der Waals surface area contributed by atoms with Crippen LogP contribution in [0.2, 0.25) is 0 Å². The van der Waals surface area contributed by atoms with Gasteiger partial charge in [-0.1, -0.05) is 18.2 Å². The average molecular weight is 216 g/mol. The minimum absolute atomic E-state index is 0.189. The fourth-order valence-electron chi connectivity index (χ4n) is 1.96. The lowest BCUT2D eigenvalue weighted by Gasteiger charge is -2.28. The topological polar surface area (TPSA) is 41.8 Å². The van der Waals surface area contributed by atoms with E-state index in [4.69, 9.17) is 0 Å². The summed E-state index contributed by atoms with van der Waals surface area (Å²) in [5.74, 6) is 0.189. The summed E-state index contributed by atoms with van der Waals surface area (Å²) in [6, 6.07) is 0.319. The van der Waals surface area contributed by atoms with Crippen LogP contribution in [0.1, 0.15) is 19.3 Å². The van der Waals surface area contributed by atoms with Crippen molar-refractivity contribution in [3.8, 4) is 0 Å². The SMILES string of the molecule is CSC(=O)C1CCCC2N=NSC21. The monoisotopic (exact) mass is 216 g/mol. The van der Waals surface area contributed by atoms with Crippen LogP contribution in [0.25, 0.3) is 0 Å². The minimum atomic E-state index is 0.189. The summed E-state index contributed by atoms with van der Waals surface area (Å²) in [6.45, 7) is 0. The third-order valence-corrected chi connectivity index (χ3v) is 4.44. The maximum Gasteiger partial charge on any atom is 0.193 e. The molecule has 0 aromatic heterocycles. The molecule has 2 rings (SSSR count). The first-order valence-electron chi connectivity index (χ1n) is 4.46. The van der Waals surface area contributed by atoms with E-state index in [9.17, 15) is 4.79 Å². The van der Waals surface area contributed by atoms with Gasteiger partial charge in [0.1, 0.15) is 0 Å². The van der Waals surface area contributed by atoms with Gasteiger partial charge in [-0.15, -0.1) is 4.52 Å². The largest absolute Gasteiger partial charge is 0.287 e. The third kappa shape index (κ3) is 1.76. The summed E-state index contributed by atoms with van der Waals surface area (Å²) < 4.78 is 3.97. The van der Waals surface area contributed by atoms with Gasteiger partial charge < -0.3 is 0 Å². The standard InChI is InChI=1S/C8H12N2OS2/c1-12-8(11)5-3-2-4-6-7(5)13-10-9-6/h5-7H,2-4H2,1H3. The van der Waals surface area contributed by atoms with Crippen molar-refractivity contribution in [1.29, 1.82) is 0 Å². The van der Waals surface area contributed by atoms with Crippen molar-refractivity contribution in [2.45, 2.75) is 30.6 Å². The molecule has 72 valence electrons. The predicted octanol–water partition coefficient (Wildman–Crippen LogP) is 2.53. The van der Waals surface area contributed by atoms with E-state index in [2.05, 4.69) is 9.63 Å². The van der Waals surface area contributed by atoms with E-state index in [1.807, 2.05) is 6.26 Å². The lowest BCUT2D eigenvalue weighted by Crippen LogP contribution is -2.35. The number of fused-ring (bicyclic) bond motifs is 1. The zero-order valence-corrected chi connectivity index (χ0v) is 9.11. The van der Waals surface area contributed by atoms with Gasteiger partial charge in [0.15, 0.2) is 5.12 Å². The first-order chi connectivity index (χ1) is 6.33. The van der Waals surface area contributed by atoms with Crippen LogP contribution in [-0.2, 0) is 4.79 Å². The first kappa shape index (κ1) is 9.52. The van der Waals surface area contributed by atoms with E-state index in [1.165, 1.54) is 23.7 Å². The van der Waals surface area contributed by atoms with Gasteiger partial charge >= 0.3 is 0 Å². The summed E-state index contributed by atoms with van der Waals surface area (Å²) in [7, 11) is 0. The lowest BCUT2D eigenvalue weighted by atomic mass is 9.86. The Kier molecular flexibility index (Phi) is 2.93. The Hall–Kier alpha value is -0.0300. The van der Waals surface area contributed by atoms with E-state index in [0.29, 0.717) is 16.4 Å². The zero-order valence-electron chi connectivity index (χ0n) is 7.47. The van der Waals surface area contributed by atoms with Crippen molar-refractivity contribution in [2.75, 3.05) is 6.26 Å². The van der Waals surface area contributed by atoms with E-state index in [-0.39, 0.29) is 5.92 Å². The number of carbonyl (C=O) groups excluding carboxylic acids is 1. The molecule has 5 heteroatoms. The van der Waals surface area contributed by atoms with Gasteiger partial charge in [0, 0.05) is 17.9 Å². The maximum absolute atomic E-state index is 11.6. The molecule has 1 fully saturated rings. The average Bonchev–Trinajstić information content (AvgIpc) is 2.63. The number of nitrogens with zero attached hydrogens (tertiary/aromatic N) is 2. The van der Waals surface area contributed by atoms with Gasteiger partial charge in [-0.3, -0.25) is 4.79 Å². The lowest BCUT2D eigenvalue weighted by molar-refractivity contribution is -0.115. The van der Waals surface area contributed by atoms with Crippen LogP contribution < -0.4 is 0 Å². The molecule has 1 aliphatic carbocycles. The van der Waals surface area contributed by atoms with Gasteiger partial charge in [-0.2, -0.15) is 5.11 Å². The molecule has 1 heterocycles. The van der Waals surface area contributed by atoms with Crippen molar-refractivity contribution >= 4 is 28.8 Å². The summed E-state index contributed by atoms with van der Waals surface area (Å²) in [5, 5.41) is 4.81. The molecule has 1 aliphatic heterocycles. The summed E-state index contributed by atoms with van der Waals surface area (Å²) in [5.41, 5.74) is 0. The van der Waals surface area contributed by atoms with Crippen molar-refractivity contribution in [3.63, 3.8) is 0 Å². The highest BCUT2D eigenvalue weighted by Crippen LogP contribution is 2.42. The molecular formula is C8H12N2OS2. The Bertz CT molecular complexity index is 244. The maximum atomic E-state index is 11.6. The van der Waals surface area contributed by atoms with Crippen molar-refractivity contribution in [2.24, 2.45) is 15.6 Å². The Labute approximate surface area is 86.3 Å². The summed E-state index contributed by atoms with van der Waals surface area (Å²) >= 11 is 2.85. The molecule has 1 saturated carbocycles. The Morgan fingerprint density at radius 3 is 3.15 bits per heavy atom. The van der Waals surface area contributed by atoms with Crippen LogP contribution in [0.5, 0.6) is 0 Å². The fraction of sp³-hybridized carbons (Fsp3) is 0.875. The highest BCUT2D eigenvalue weighted by Gasteiger charge is 2.40. The fourth-order valence-corrected chi connectivity index (χ4v) is 3.63. The van der Waals surface area contributed by atoms with Crippen molar-refractivity contribution < 1.29 is 4.79 Å². The molecule has 3 nitrogen and oxygen atoms in total. The molecule has 3 atom stereocenters. The van der Waals surface area contributed by atoms with E-state index < -0.39 is 0 Å². The van der Waals surface area contributed by atoms with Crippen molar-refractivity contribution in [3.05, 3.63) is 0 Å². The normalized spacial score (nSPS) is 37.5. The number of hydrogen-bond donors (Lipinski definition) is 0. The second-order valence-electron chi connectivity index (χ2n) is 3.40. The smallest absolute Gasteiger partial charge is 0.193 e. The molecular weight excluding hydrogens is 204 g/mol. The van der Waals surface area contributed by atoms with Crippen LogP contribution >= 0.6 is 23.7 Å². The Morgan fingerprint density at radius 1 is 1.54 bits per heavy atom. The number of carbonyl (C=O) groups is 1. The molecule has 0 aromatic rings. The number of rotatable bonds is 1. The van der Waals surface area contributed by atoms with Crippen LogP contribution in [-0.4, -0.2) is 22.7 Å². The quantitative estimate of drug-likeness (QED) is 0.632. The van der Waals surface area contributed by atoms with Gasteiger partial charge in [-0.25, -0.2) is 0 Å². The predicted molar refractivity (Wildman–Crippen MR) is 55.9 cm³/mol. The second kappa shape index (κ2) is 4.00. The van der Waals surface area contributed by atoms with E-state index in [0.717, 1.165) is 19.3 Å². The molecule has 3 unspecified atom stereocenters. The molecule has 0 bridgehead atoms. The molecule has 0 saturated heterocycles. The number of thioether (sulfide) groups is 1. The highest BCUT2D eigenvalue weighted by molar-refractivity contribution is 8.13. The van der Waals surface area contributed by atoms with Crippen LogP contribution in [0.3, 0.4) is 0 Å². The van der Waals surface area contributed by atoms with Crippen LogP contribution in [0, 0.1) is 5.92 Å². The summed E-state index contributed by atoms with van der Waals surface area (Å²) in [6.07, 6.45) is 5.12. The van der Waals surface area contributed by atoms with Gasteiger partial charge in [-0.05, 0) is 19.1 Å². The van der Waals surface area contributed by atoms with Gasteiger partial charge in [0.05, 0.1) is 11.3 Å². The van der Waals surface area contributed by atoms with E-state index >= 15 is 0 Å². The molecule has 0 spiro atoms. The Morgan fingerprint density at radius 2 is 2.38 bits per heavy atom. The summed E-state index contributed by atoms with van der Waals surface area (Å²) in [4.78, 5) is 11.6. The number of hydrogen-bond acceptors (Lipinski definition) is 5. The molecule has 13 heavy (non-hydrogen) atoms. The Balaban J connectivity index is 2.07. The third-order valence-electron chi connectivity index (χ3n) is 2.66. The minimum Gasteiger partial charge on any atom is -0.287 e. The highest BCUT2D eigenvalue weighted by atomic mass is 32.2. The van der Waals surface area contributed by atoms with Crippen molar-refractivity contribution in [1.82, 2.24) is 0 Å². The second-order valence-corrected chi connectivity index (χ2v) is 5.12. The molecule has 0 amide bonds. The van der Waals surface area contributed by atoms with Gasteiger partial charge in [0.25, 0.3) is 0 Å². The van der Waals surface area contributed by atoms with Crippen LogP contribution in [0.4, 0.5) is 0 Å². The zero-order chi connectivity index (χ0) is 9.26. The van der Waals surface area contributed by atoms with Gasteiger partial charge in [0.2, 0.25) is 0 Å². The molecule has 2 aliphatic rings. The molecule has 0 radical (unpaired) electrons. The van der Waals surface area contributed by atoms with E-state index in [1.54, 1.807) is 0 Å². The van der Waals surface area contributed by atoms with Crippen LogP contribution in [0.15, 0.2) is 9.63 Å².